The lowest BCUT2D eigenvalue weighted by Crippen LogP contribution is -2.25. The molecule has 0 aliphatic rings. The van der Waals surface area contributed by atoms with E-state index in [0.717, 1.165) is 12.0 Å². The minimum atomic E-state index is 0.755. The first kappa shape index (κ1) is 15.0. The van der Waals surface area contributed by atoms with Crippen LogP contribution in [0.2, 0.25) is 0 Å². The first-order valence-corrected chi connectivity index (χ1v) is 6.95. The first-order chi connectivity index (χ1) is 7.28. The Hall–Kier alpha value is -0.0400. The van der Waals surface area contributed by atoms with Crippen molar-refractivity contribution in [3.63, 3.8) is 0 Å². The van der Waals surface area contributed by atoms with E-state index in [4.69, 9.17) is 0 Å². The van der Waals surface area contributed by atoms with Gasteiger partial charge in [0.15, 0.2) is 0 Å². The maximum Gasteiger partial charge on any atom is 0.00640 e. The molecule has 0 spiro atoms. The van der Waals surface area contributed by atoms with Crippen LogP contribution in [-0.2, 0) is 0 Å². The van der Waals surface area contributed by atoms with Crippen LogP contribution in [0.1, 0.15) is 72.1 Å². The normalized spacial score (nSPS) is 15.2. The van der Waals surface area contributed by atoms with E-state index in [2.05, 4.69) is 33.1 Å². The third kappa shape index (κ3) is 7.84. The summed E-state index contributed by atoms with van der Waals surface area (Å²) in [6.07, 6.45) is 11.0. The van der Waals surface area contributed by atoms with Crippen molar-refractivity contribution >= 4 is 0 Å². The number of hydrogen-bond acceptors (Lipinski definition) is 1. The summed E-state index contributed by atoms with van der Waals surface area (Å²) < 4.78 is 0. The molecule has 0 aromatic rings. The standard InChI is InChI=1S/C14H31N/c1-5-8-10-13(7-3)11-12-14(15-4)9-6-2/h13-15H,5-12H2,1-4H3. The molecule has 0 heterocycles. The van der Waals surface area contributed by atoms with E-state index in [1.54, 1.807) is 0 Å². The maximum absolute atomic E-state index is 3.44. The van der Waals surface area contributed by atoms with Crippen molar-refractivity contribution in [2.24, 2.45) is 5.92 Å². The molecule has 0 aliphatic heterocycles. The quantitative estimate of drug-likeness (QED) is 0.568. The maximum atomic E-state index is 3.44. The van der Waals surface area contributed by atoms with Crippen LogP contribution in [0.3, 0.4) is 0 Å². The molecule has 0 rings (SSSR count). The van der Waals surface area contributed by atoms with E-state index >= 15 is 0 Å². The van der Waals surface area contributed by atoms with E-state index in [0.29, 0.717) is 0 Å². The average Bonchev–Trinajstić information content (AvgIpc) is 2.27. The molecular weight excluding hydrogens is 182 g/mol. The molecule has 2 unspecified atom stereocenters. The molecule has 0 saturated heterocycles. The lowest BCUT2D eigenvalue weighted by atomic mass is 9.91. The lowest BCUT2D eigenvalue weighted by molar-refractivity contribution is 0.366. The fourth-order valence-electron chi connectivity index (χ4n) is 2.26. The highest BCUT2D eigenvalue weighted by molar-refractivity contribution is 4.67. The fourth-order valence-corrected chi connectivity index (χ4v) is 2.26. The molecule has 0 fully saturated rings. The van der Waals surface area contributed by atoms with Gasteiger partial charge < -0.3 is 5.32 Å². The lowest BCUT2D eigenvalue weighted by Gasteiger charge is -2.19. The van der Waals surface area contributed by atoms with Gasteiger partial charge in [0.25, 0.3) is 0 Å². The van der Waals surface area contributed by atoms with Crippen LogP contribution in [0.25, 0.3) is 0 Å². The van der Waals surface area contributed by atoms with Gasteiger partial charge in [0.1, 0.15) is 0 Å². The van der Waals surface area contributed by atoms with E-state index in [9.17, 15) is 0 Å². The zero-order chi connectivity index (χ0) is 11.5. The van der Waals surface area contributed by atoms with Gasteiger partial charge in [-0.2, -0.15) is 0 Å². The Kier molecular flexibility index (Phi) is 10.4. The summed E-state index contributed by atoms with van der Waals surface area (Å²) in [4.78, 5) is 0. The summed E-state index contributed by atoms with van der Waals surface area (Å²) in [5.74, 6) is 0.970. The average molecular weight is 213 g/mol. The number of unbranched alkanes of at least 4 members (excludes halogenated alkanes) is 1. The molecule has 1 heteroatoms. The van der Waals surface area contributed by atoms with E-state index in [1.807, 2.05) is 0 Å². The number of rotatable bonds is 10. The zero-order valence-corrected chi connectivity index (χ0v) is 11.3. The summed E-state index contributed by atoms with van der Waals surface area (Å²) >= 11 is 0. The molecule has 0 radical (unpaired) electrons. The molecule has 0 aromatic heterocycles. The van der Waals surface area contributed by atoms with Crippen molar-refractivity contribution in [2.75, 3.05) is 7.05 Å². The van der Waals surface area contributed by atoms with Crippen molar-refractivity contribution in [1.29, 1.82) is 0 Å². The Balaban J connectivity index is 3.66. The monoisotopic (exact) mass is 213 g/mol. The predicted octanol–water partition coefficient (Wildman–Crippen LogP) is 4.37. The van der Waals surface area contributed by atoms with Crippen molar-refractivity contribution < 1.29 is 0 Å². The summed E-state index contributed by atoms with van der Waals surface area (Å²) in [5, 5.41) is 3.44. The molecule has 0 bridgehead atoms. The number of nitrogens with one attached hydrogen (secondary N) is 1. The molecule has 1 N–H and O–H groups in total. The summed E-state index contributed by atoms with van der Waals surface area (Å²) in [6, 6.07) is 0.755. The van der Waals surface area contributed by atoms with Crippen molar-refractivity contribution in [3.8, 4) is 0 Å². The molecule has 2 atom stereocenters. The zero-order valence-electron chi connectivity index (χ0n) is 11.3. The summed E-state index contributed by atoms with van der Waals surface area (Å²) in [6.45, 7) is 6.91. The van der Waals surface area contributed by atoms with Gasteiger partial charge in [-0.05, 0) is 32.2 Å². The van der Waals surface area contributed by atoms with E-state index in [-0.39, 0.29) is 0 Å². The Labute approximate surface area is 97.0 Å². The smallest absolute Gasteiger partial charge is 0.00640 e. The van der Waals surface area contributed by atoms with Crippen molar-refractivity contribution in [3.05, 3.63) is 0 Å². The van der Waals surface area contributed by atoms with Crippen molar-refractivity contribution in [1.82, 2.24) is 5.32 Å². The second-order valence-corrected chi connectivity index (χ2v) is 4.77. The highest BCUT2D eigenvalue weighted by Gasteiger charge is 2.10. The van der Waals surface area contributed by atoms with Crippen LogP contribution in [0.4, 0.5) is 0 Å². The molecule has 92 valence electrons. The second-order valence-electron chi connectivity index (χ2n) is 4.77. The van der Waals surface area contributed by atoms with Gasteiger partial charge in [-0.3, -0.25) is 0 Å². The van der Waals surface area contributed by atoms with E-state index in [1.165, 1.54) is 51.4 Å². The van der Waals surface area contributed by atoms with E-state index < -0.39 is 0 Å². The van der Waals surface area contributed by atoms with Gasteiger partial charge in [0.05, 0.1) is 0 Å². The fraction of sp³-hybridized carbons (Fsp3) is 1.00. The number of hydrogen-bond donors (Lipinski definition) is 1. The van der Waals surface area contributed by atoms with Gasteiger partial charge in [-0.25, -0.2) is 0 Å². The van der Waals surface area contributed by atoms with Crippen LogP contribution in [0.5, 0.6) is 0 Å². The van der Waals surface area contributed by atoms with Gasteiger partial charge in [-0.1, -0.05) is 52.9 Å². The molecular formula is C14H31N. The minimum Gasteiger partial charge on any atom is -0.317 e. The van der Waals surface area contributed by atoms with Gasteiger partial charge in [0.2, 0.25) is 0 Å². The van der Waals surface area contributed by atoms with Crippen LogP contribution in [-0.4, -0.2) is 13.1 Å². The SMILES string of the molecule is CCCCC(CC)CCC(CCC)NC. The van der Waals surface area contributed by atoms with Gasteiger partial charge >= 0.3 is 0 Å². The molecule has 15 heavy (non-hydrogen) atoms. The Morgan fingerprint density at radius 1 is 0.867 bits per heavy atom. The Morgan fingerprint density at radius 2 is 1.60 bits per heavy atom. The van der Waals surface area contributed by atoms with Gasteiger partial charge in [0, 0.05) is 6.04 Å². The molecule has 0 aliphatic carbocycles. The van der Waals surface area contributed by atoms with Crippen LogP contribution in [0, 0.1) is 5.92 Å². The molecule has 0 amide bonds. The topological polar surface area (TPSA) is 12.0 Å². The third-order valence-electron chi connectivity index (χ3n) is 3.51. The predicted molar refractivity (Wildman–Crippen MR) is 70.3 cm³/mol. The second kappa shape index (κ2) is 10.5. The Bertz CT molecular complexity index is 123. The molecule has 1 nitrogen and oxygen atoms in total. The summed E-state index contributed by atoms with van der Waals surface area (Å²) in [5.41, 5.74) is 0. The van der Waals surface area contributed by atoms with Crippen LogP contribution in [0.15, 0.2) is 0 Å². The highest BCUT2D eigenvalue weighted by atomic mass is 14.9. The first-order valence-electron chi connectivity index (χ1n) is 6.95. The van der Waals surface area contributed by atoms with Crippen LogP contribution >= 0.6 is 0 Å². The summed E-state index contributed by atoms with van der Waals surface area (Å²) in [7, 11) is 2.10. The molecule has 0 saturated carbocycles. The van der Waals surface area contributed by atoms with Crippen molar-refractivity contribution in [2.45, 2.75) is 78.2 Å². The minimum absolute atomic E-state index is 0.755. The van der Waals surface area contributed by atoms with Gasteiger partial charge in [-0.15, -0.1) is 0 Å². The largest absolute Gasteiger partial charge is 0.317 e. The highest BCUT2D eigenvalue weighted by Crippen LogP contribution is 2.20. The molecule has 0 aromatic carbocycles. The Morgan fingerprint density at radius 3 is 2.07 bits per heavy atom. The third-order valence-corrected chi connectivity index (χ3v) is 3.51. The van der Waals surface area contributed by atoms with Crippen LogP contribution < -0.4 is 5.32 Å².